The van der Waals surface area contributed by atoms with Crippen LogP contribution in [0, 0.1) is 0 Å². The van der Waals surface area contributed by atoms with Crippen LogP contribution in [0.1, 0.15) is 77.7 Å². The molecule has 3 aromatic rings. The van der Waals surface area contributed by atoms with Crippen LogP contribution in [0.5, 0.6) is 5.75 Å². The molecule has 0 unspecified atom stereocenters. The largest absolute Gasteiger partial charge is 0.507 e. The van der Waals surface area contributed by atoms with Crippen LogP contribution in [0.2, 0.25) is 0 Å². The van der Waals surface area contributed by atoms with Crippen molar-refractivity contribution in [2.45, 2.75) is 39.5 Å². The highest BCUT2D eigenvalue weighted by atomic mass is 79.9. The number of nitrogens with zero attached hydrogens (tertiary/aromatic N) is 1. The summed E-state index contributed by atoms with van der Waals surface area (Å²) in [5, 5.41) is 10.8. The van der Waals surface area contributed by atoms with E-state index in [0.29, 0.717) is 38.7 Å². The fourth-order valence-corrected chi connectivity index (χ4v) is 4.56. The molecular weight excluding hydrogens is 438 g/mol. The van der Waals surface area contributed by atoms with Gasteiger partial charge in [-0.3, -0.25) is 4.79 Å². The molecule has 0 aromatic heterocycles. The van der Waals surface area contributed by atoms with Gasteiger partial charge < -0.3 is 5.11 Å². The molecule has 1 aliphatic carbocycles. The number of halogens is 1. The minimum Gasteiger partial charge on any atom is -0.507 e. The monoisotopic (exact) mass is 461 g/mol. The molecule has 0 saturated carbocycles. The lowest BCUT2D eigenvalue weighted by atomic mass is 9.82. The highest BCUT2D eigenvalue weighted by molar-refractivity contribution is 9.10. The van der Waals surface area contributed by atoms with Crippen molar-refractivity contribution in [3.63, 3.8) is 0 Å². The second kappa shape index (κ2) is 7.84. The number of ketones is 1. The Morgan fingerprint density at radius 2 is 1.40 bits per heavy atom. The quantitative estimate of drug-likeness (QED) is 0.353. The number of aliphatic imine (C=N–C) groups is 1. The summed E-state index contributed by atoms with van der Waals surface area (Å²) in [6.07, 6.45) is 0. The van der Waals surface area contributed by atoms with Gasteiger partial charge in [-0.25, -0.2) is 4.99 Å². The molecule has 3 nitrogen and oxygen atoms in total. The minimum absolute atomic E-state index is 0.0583. The SMILES string of the molecule is CC(C)c1cccc(C(C)C)c1N=C1c2ccccc2C(=O)c2c(Br)ccc(O)c21. The Morgan fingerprint density at radius 1 is 0.800 bits per heavy atom. The lowest BCUT2D eigenvalue weighted by molar-refractivity contribution is 0.103. The molecule has 0 aliphatic heterocycles. The lowest BCUT2D eigenvalue weighted by Crippen LogP contribution is -2.22. The molecule has 0 atom stereocenters. The third-order valence-corrected chi connectivity index (χ3v) is 6.25. The maximum atomic E-state index is 13.2. The van der Waals surface area contributed by atoms with Crippen molar-refractivity contribution in [3.05, 3.63) is 92.5 Å². The number of phenols is 1. The summed E-state index contributed by atoms with van der Waals surface area (Å²) >= 11 is 3.51. The molecule has 0 radical (unpaired) electrons. The van der Waals surface area contributed by atoms with Gasteiger partial charge in [-0.05, 0) is 35.1 Å². The van der Waals surface area contributed by atoms with Crippen LogP contribution in [0.15, 0.2) is 64.1 Å². The van der Waals surface area contributed by atoms with E-state index in [9.17, 15) is 9.90 Å². The van der Waals surface area contributed by atoms with Gasteiger partial charge in [-0.2, -0.15) is 0 Å². The van der Waals surface area contributed by atoms with Gasteiger partial charge in [0.2, 0.25) is 0 Å². The standard InChI is InChI=1S/C26H24BrNO2/c1-14(2)16-10-7-11-17(15(3)4)24(16)28-25-18-8-5-6-9-19(18)26(30)22-20(27)12-13-21(29)23(22)25/h5-15,29H,1-4H3. The van der Waals surface area contributed by atoms with E-state index in [0.717, 1.165) is 22.4 Å². The van der Waals surface area contributed by atoms with Gasteiger partial charge in [0, 0.05) is 21.2 Å². The summed E-state index contributed by atoms with van der Waals surface area (Å²) in [7, 11) is 0. The Hall–Kier alpha value is -2.72. The number of carbonyl (C=O) groups is 1. The first-order valence-electron chi connectivity index (χ1n) is 10.2. The molecule has 0 heterocycles. The summed E-state index contributed by atoms with van der Waals surface area (Å²) < 4.78 is 0.656. The number of para-hydroxylation sites is 1. The maximum Gasteiger partial charge on any atom is 0.195 e. The first kappa shape index (κ1) is 20.5. The molecule has 0 fully saturated rings. The number of phenolic OH excluding ortho intramolecular Hbond substituents is 1. The zero-order valence-electron chi connectivity index (χ0n) is 17.5. The van der Waals surface area contributed by atoms with Gasteiger partial charge in [0.1, 0.15) is 5.75 Å². The predicted octanol–water partition coefficient (Wildman–Crippen LogP) is 7.12. The van der Waals surface area contributed by atoms with Crippen LogP contribution in [0.3, 0.4) is 0 Å². The number of rotatable bonds is 3. The summed E-state index contributed by atoms with van der Waals surface area (Å²) in [4.78, 5) is 18.4. The van der Waals surface area contributed by atoms with Crippen LogP contribution in [-0.4, -0.2) is 16.6 Å². The minimum atomic E-state index is -0.108. The Morgan fingerprint density at radius 3 is 2.00 bits per heavy atom. The van der Waals surface area contributed by atoms with Gasteiger partial charge >= 0.3 is 0 Å². The number of aromatic hydroxyl groups is 1. The first-order valence-corrected chi connectivity index (χ1v) is 11.0. The van der Waals surface area contributed by atoms with Crippen LogP contribution in [-0.2, 0) is 0 Å². The van der Waals surface area contributed by atoms with Crippen molar-refractivity contribution in [1.82, 2.24) is 0 Å². The predicted molar refractivity (Wildman–Crippen MR) is 126 cm³/mol. The van der Waals surface area contributed by atoms with E-state index in [1.807, 2.05) is 24.3 Å². The second-order valence-corrected chi connectivity index (χ2v) is 9.10. The van der Waals surface area contributed by atoms with Gasteiger partial charge in [0.15, 0.2) is 5.78 Å². The van der Waals surface area contributed by atoms with E-state index < -0.39 is 0 Å². The van der Waals surface area contributed by atoms with E-state index in [1.165, 1.54) is 0 Å². The lowest BCUT2D eigenvalue weighted by Gasteiger charge is -2.24. The molecule has 0 spiro atoms. The highest BCUT2D eigenvalue weighted by Crippen LogP contribution is 2.41. The third kappa shape index (κ3) is 3.29. The Kier molecular flexibility index (Phi) is 5.37. The number of hydrogen-bond acceptors (Lipinski definition) is 3. The molecule has 0 bridgehead atoms. The van der Waals surface area contributed by atoms with E-state index in [1.54, 1.807) is 12.1 Å². The van der Waals surface area contributed by atoms with E-state index in [-0.39, 0.29) is 11.5 Å². The zero-order valence-corrected chi connectivity index (χ0v) is 19.1. The average molecular weight is 462 g/mol. The smallest absolute Gasteiger partial charge is 0.195 e. The normalized spacial score (nSPS) is 14.4. The van der Waals surface area contributed by atoms with Crippen molar-refractivity contribution in [3.8, 4) is 5.75 Å². The summed E-state index contributed by atoms with van der Waals surface area (Å²) in [6.45, 7) is 8.62. The molecule has 3 aromatic carbocycles. The zero-order chi connectivity index (χ0) is 21.6. The Bertz CT molecular complexity index is 1170. The van der Waals surface area contributed by atoms with E-state index in [2.05, 4.69) is 61.8 Å². The Labute approximate surface area is 185 Å². The molecule has 4 rings (SSSR count). The summed E-state index contributed by atoms with van der Waals surface area (Å²) in [6, 6.07) is 17.1. The number of fused-ring (bicyclic) bond motifs is 2. The van der Waals surface area contributed by atoms with Gasteiger partial charge in [0.25, 0.3) is 0 Å². The fraction of sp³-hybridized carbons (Fsp3) is 0.231. The summed E-state index contributed by atoms with van der Waals surface area (Å²) in [5.41, 5.74) is 6.15. The van der Waals surface area contributed by atoms with E-state index >= 15 is 0 Å². The van der Waals surface area contributed by atoms with Crippen molar-refractivity contribution in [2.24, 2.45) is 4.99 Å². The van der Waals surface area contributed by atoms with Crippen LogP contribution < -0.4 is 0 Å². The number of hydrogen-bond donors (Lipinski definition) is 1. The molecule has 30 heavy (non-hydrogen) atoms. The van der Waals surface area contributed by atoms with Crippen LogP contribution in [0.4, 0.5) is 5.69 Å². The Balaban J connectivity index is 2.12. The second-order valence-electron chi connectivity index (χ2n) is 8.25. The van der Waals surface area contributed by atoms with E-state index in [4.69, 9.17) is 4.99 Å². The van der Waals surface area contributed by atoms with Crippen LogP contribution in [0.25, 0.3) is 0 Å². The van der Waals surface area contributed by atoms with Crippen molar-refractivity contribution >= 4 is 33.1 Å². The van der Waals surface area contributed by atoms with Crippen molar-refractivity contribution in [2.75, 3.05) is 0 Å². The third-order valence-electron chi connectivity index (χ3n) is 5.59. The number of carbonyl (C=O) groups excluding carboxylic acids is 1. The fourth-order valence-electron chi connectivity index (χ4n) is 4.05. The number of benzene rings is 3. The topological polar surface area (TPSA) is 49.7 Å². The van der Waals surface area contributed by atoms with Crippen LogP contribution >= 0.6 is 15.9 Å². The molecule has 0 amide bonds. The van der Waals surface area contributed by atoms with Gasteiger partial charge in [-0.1, -0.05) is 86.1 Å². The van der Waals surface area contributed by atoms with Crippen molar-refractivity contribution in [1.29, 1.82) is 0 Å². The van der Waals surface area contributed by atoms with Crippen molar-refractivity contribution < 1.29 is 9.90 Å². The van der Waals surface area contributed by atoms with Gasteiger partial charge in [-0.15, -0.1) is 0 Å². The molecule has 152 valence electrons. The van der Waals surface area contributed by atoms with Gasteiger partial charge in [0.05, 0.1) is 17.0 Å². The summed E-state index contributed by atoms with van der Waals surface area (Å²) in [5.74, 6) is 0.532. The first-order chi connectivity index (χ1) is 14.3. The average Bonchev–Trinajstić information content (AvgIpc) is 2.72. The highest BCUT2D eigenvalue weighted by Gasteiger charge is 2.32. The molecule has 1 aliphatic rings. The maximum absolute atomic E-state index is 13.2. The molecule has 0 saturated heterocycles. The molecule has 1 N–H and O–H groups in total. The molecular formula is C26H24BrNO2. The molecule has 4 heteroatoms.